The van der Waals surface area contributed by atoms with Gasteiger partial charge in [0.25, 0.3) is 0 Å². The zero-order valence-corrected chi connectivity index (χ0v) is 8.34. The summed E-state index contributed by atoms with van der Waals surface area (Å²) in [6.45, 7) is 2.12. The molecular formula is C8H16O3S. The van der Waals surface area contributed by atoms with Crippen molar-refractivity contribution in [3.8, 4) is 0 Å². The SMILES string of the molecule is C[C@@H]1C[C@@H](S(C)(=O)=O)C[C@@H]1CO. The molecule has 0 aromatic rings. The van der Waals surface area contributed by atoms with Crippen molar-refractivity contribution in [1.82, 2.24) is 0 Å². The van der Waals surface area contributed by atoms with Crippen LogP contribution in [0.25, 0.3) is 0 Å². The van der Waals surface area contributed by atoms with Gasteiger partial charge in [-0.05, 0) is 24.7 Å². The van der Waals surface area contributed by atoms with Crippen LogP contribution < -0.4 is 0 Å². The minimum absolute atomic E-state index is 0.118. The van der Waals surface area contributed by atoms with Crippen molar-refractivity contribution >= 4 is 9.84 Å². The summed E-state index contributed by atoms with van der Waals surface area (Å²) in [7, 11) is -2.89. The van der Waals surface area contributed by atoms with Crippen molar-refractivity contribution in [3.05, 3.63) is 0 Å². The van der Waals surface area contributed by atoms with E-state index in [9.17, 15) is 8.42 Å². The Bertz CT molecular complexity index is 245. The maximum absolute atomic E-state index is 11.2. The molecule has 0 heterocycles. The second-order valence-electron chi connectivity index (χ2n) is 3.84. The molecule has 1 aliphatic carbocycles. The molecule has 4 heteroatoms. The van der Waals surface area contributed by atoms with Crippen LogP contribution in [0.15, 0.2) is 0 Å². The van der Waals surface area contributed by atoms with Gasteiger partial charge in [0, 0.05) is 12.9 Å². The van der Waals surface area contributed by atoms with Crippen molar-refractivity contribution in [2.45, 2.75) is 25.0 Å². The highest BCUT2D eigenvalue weighted by atomic mass is 32.2. The molecule has 3 atom stereocenters. The Hall–Kier alpha value is -0.0900. The quantitative estimate of drug-likeness (QED) is 0.690. The van der Waals surface area contributed by atoms with Crippen LogP contribution in [-0.4, -0.2) is 31.6 Å². The molecular weight excluding hydrogens is 176 g/mol. The Morgan fingerprint density at radius 3 is 2.25 bits per heavy atom. The van der Waals surface area contributed by atoms with Gasteiger partial charge in [-0.2, -0.15) is 0 Å². The molecule has 1 N–H and O–H groups in total. The van der Waals surface area contributed by atoms with Crippen molar-refractivity contribution in [2.24, 2.45) is 11.8 Å². The Labute approximate surface area is 73.7 Å². The van der Waals surface area contributed by atoms with Crippen LogP contribution in [0.2, 0.25) is 0 Å². The van der Waals surface area contributed by atoms with Gasteiger partial charge in [0.2, 0.25) is 0 Å². The normalized spacial score (nSPS) is 37.1. The van der Waals surface area contributed by atoms with E-state index in [1.54, 1.807) is 0 Å². The molecule has 1 fully saturated rings. The van der Waals surface area contributed by atoms with E-state index in [0.717, 1.165) is 0 Å². The lowest BCUT2D eigenvalue weighted by Crippen LogP contribution is -2.16. The summed E-state index contributed by atoms with van der Waals surface area (Å²) in [5.41, 5.74) is 0. The van der Waals surface area contributed by atoms with Gasteiger partial charge in [0.1, 0.15) is 9.84 Å². The van der Waals surface area contributed by atoms with Crippen LogP contribution in [0, 0.1) is 11.8 Å². The average Bonchev–Trinajstić information content (AvgIpc) is 2.29. The molecule has 3 nitrogen and oxygen atoms in total. The molecule has 0 saturated heterocycles. The van der Waals surface area contributed by atoms with Gasteiger partial charge in [-0.3, -0.25) is 0 Å². The molecule has 1 saturated carbocycles. The lowest BCUT2D eigenvalue weighted by Gasteiger charge is -2.09. The highest BCUT2D eigenvalue weighted by Gasteiger charge is 2.36. The number of aliphatic hydroxyl groups is 1. The van der Waals surface area contributed by atoms with Crippen LogP contribution in [-0.2, 0) is 9.84 Å². The highest BCUT2D eigenvalue weighted by molar-refractivity contribution is 7.91. The Balaban J connectivity index is 2.67. The molecule has 72 valence electrons. The lowest BCUT2D eigenvalue weighted by molar-refractivity contribution is 0.201. The minimum atomic E-state index is -2.89. The van der Waals surface area contributed by atoms with E-state index in [-0.39, 0.29) is 17.8 Å². The van der Waals surface area contributed by atoms with Crippen molar-refractivity contribution in [3.63, 3.8) is 0 Å². The maximum Gasteiger partial charge on any atom is 0.150 e. The molecule has 0 bridgehead atoms. The second kappa shape index (κ2) is 3.34. The monoisotopic (exact) mass is 192 g/mol. The third-order valence-corrected chi connectivity index (χ3v) is 4.44. The summed E-state index contributed by atoms with van der Waals surface area (Å²) in [6, 6.07) is 0. The fraction of sp³-hybridized carbons (Fsp3) is 1.00. The van der Waals surface area contributed by atoms with Crippen LogP contribution in [0.1, 0.15) is 19.8 Å². The number of rotatable bonds is 2. The van der Waals surface area contributed by atoms with Gasteiger partial charge in [-0.25, -0.2) is 8.42 Å². The summed E-state index contributed by atoms with van der Waals surface area (Å²) in [4.78, 5) is 0. The number of hydrogen-bond acceptors (Lipinski definition) is 3. The van der Waals surface area contributed by atoms with Gasteiger partial charge in [-0.1, -0.05) is 6.92 Å². The largest absolute Gasteiger partial charge is 0.396 e. The molecule has 0 amide bonds. The smallest absolute Gasteiger partial charge is 0.150 e. The van der Waals surface area contributed by atoms with E-state index in [4.69, 9.17) is 5.11 Å². The van der Waals surface area contributed by atoms with Crippen LogP contribution >= 0.6 is 0 Å². The zero-order chi connectivity index (χ0) is 9.35. The zero-order valence-electron chi connectivity index (χ0n) is 7.53. The topological polar surface area (TPSA) is 54.4 Å². The van der Waals surface area contributed by atoms with E-state index >= 15 is 0 Å². The average molecular weight is 192 g/mol. The van der Waals surface area contributed by atoms with E-state index in [1.807, 2.05) is 6.92 Å². The molecule has 0 unspecified atom stereocenters. The van der Waals surface area contributed by atoms with Gasteiger partial charge >= 0.3 is 0 Å². The summed E-state index contributed by atoms with van der Waals surface area (Å²) >= 11 is 0. The fourth-order valence-corrected chi connectivity index (χ4v) is 3.13. The van der Waals surface area contributed by atoms with Gasteiger partial charge in [0.15, 0.2) is 0 Å². The Morgan fingerprint density at radius 2 is 2.00 bits per heavy atom. The molecule has 0 aromatic heterocycles. The third kappa shape index (κ3) is 1.98. The first kappa shape index (κ1) is 9.99. The molecule has 0 spiro atoms. The van der Waals surface area contributed by atoms with Crippen molar-refractivity contribution < 1.29 is 13.5 Å². The molecule has 0 aromatic carbocycles. The second-order valence-corrected chi connectivity index (χ2v) is 6.17. The lowest BCUT2D eigenvalue weighted by atomic mass is 10.00. The van der Waals surface area contributed by atoms with Crippen molar-refractivity contribution in [2.75, 3.05) is 12.9 Å². The summed E-state index contributed by atoms with van der Waals surface area (Å²) < 4.78 is 22.3. The standard InChI is InChI=1S/C8H16O3S/c1-6-3-8(12(2,10)11)4-7(6)5-9/h6-9H,3-5H2,1-2H3/t6-,7-,8-/m1/s1. The van der Waals surface area contributed by atoms with E-state index in [1.165, 1.54) is 6.26 Å². The summed E-state index contributed by atoms with van der Waals surface area (Å²) in [5.74, 6) is 0.527. The number of aliphatic hydroxyl groups excluding tert-OH is 1. The molecule has 0 radical (unpaired) electrons. The Kier molecular flexibility index (Phi) is 2.78. The first-order valence-electron chi connectivity index (χ1n) is 4.25. The molecule has 1 aliphatic rings. The van der Waals surface area contributed by atoms with Crippen LogP contribution in [0.5, 0.6) is 0 Å². The first-order valence-corrected chi connectivity index (χ1v) is 6.20. The maximum atomic E-state index is 11.2. The molecule has 12 heavy (non-hydrogen) atoms. The van der Waals surface area contributed by atoms with Gasteiger partial charge < -0.3 is 5.11 Å². The van der Waals surface area contributed by atoms with Crippen LogP contribution in [0.4, 0.5) is 0 Å². The Morgan fingerprint density at radius 1 is 1.42 bits per heavy atom. The molecule has 1 rings (SSSR count). The summed E-state index contributed by atoms with van der Waals surface area (Å²) in [6.07, 6.45) is 2.63. The first-order chi connectivity index (χ1) is 5.45. The molecule has 0 aliphatic heterocycles. The van der Waals surface area contributed by atoms with E-state index < -0.39 is 9.84 Å². The van der Waals surface area contributed by atoms with Gasteiger partial charge in [-0.15, -0.1) is 0 Å². The minimum Gasteiger partial charge on any atom is -0.396 e. The van der Waals surface area contributed by atoms with Crippen LogP contribution in [0.3, 0.4) is 0 Å². The van der Waals surface area contributed by atoms with Crippen molar-refractivity contribution in [1.29, 1.82) is 0 Å². The van der Waals surface area contributed by atoms with Gasteiger partial charge in [0.05, 0.1) is 5.25 Å². The third-order valence-electron chi connectivity index (χ3n) is 2.85. The fourth-order valence-electron chi connectivity index (χ4n) is 1.88. The number of sulfone groups is 1. The predicted octanol–water partition coefficient (Wildman–Crippen LogP) is 0.438. The highest BCUT2D eigenvalue weighted by Crippen LogP contribution is 2.34. The summed E-state index contributed by atoms with van der Waals surface area (Å²) in [5, 5.41) is 8.71. The van der Waals surface area contributed by atoms with E-state index in [2.05, 4.69) is 0 Å². The van der Waals surface area contributed by atoms with E-state index in [0.29, 0.717) is 18.8 Å². The number of hydrogen-bond donors (Lipinski definition) is 1. The predicted molar refractivity (Wildman–Crippen MR) is 47.6 cm³/mol.